The van der Waals surface area contributed by atoms with Crippen LogP contribution in [0.2, 0.25) is 0 Å². The van der Waals surface area contributed by atoms with E-state index in [0.29, 0.717) is 18.3 Å². The molecule has 0 saturated carbocycles. The molecule has 1 atom stereocenters. The molecule has 0 amide bonds. The van der Waals surface area contributed by atoms with E-state index in [1.54, 1.807) is 0 Å². The number of ketones is 1. The lowest BCUT2D eigenvalue weighted by Crippen LogP contribution is -2.12. The van der Waals surface area contributed by atoms with Gasteiger partial charge >= 0.3 is 5.97 Å². The SMILES string of the molecule is C=CC/C=C\C(CCC(=O)CC(=O)OC)C(C)C. The maximum atomic E-state index is 11.5. The molecule has 0 heterocycles. The largest absolute Gasteiger partial charge is 0.469 e. The van der Waals surface area contributed by atoms with Gasteiger partial charge in [0.2, 0.25) is 0 Å². The van der Waals surface area contributed by atoms with Crippen molar-refractivity contribution in [3.05, 3.63) is 24.8 Å². The van der Waals surface area contributed by atoms with Gasteiger partial charge in [-0.25, -0.2) is 0 Å². The standard InChI is InChI=1S/C15H24O3/c1-5-6-7-8-13(12(2)3)9-10-14(16)11-15(17)18-4/h5,7-8,12-13H,1,6,9-11H2,2-4H3/b8-7-. The summed E-state index contributed by atoms with van der Waals surface area (Å²) in [6.07, 6.45) is 7.99. The zero-order valence-corrected chi connectivity index (χ0v) is 11.6. The van der Waals surface area contributed by atoms with E-state index in [9.17, 15) is 9.59 Å². The number of hydrogen-bond acceptors (Lipinski definition) is 3. The number of allylic oxidation sites excluding steroid dienone is 3. The van der Waals surface area contributed by atoms with Gasteiger partial charge in [-0.2, -0.15) is 0 Å². The van der Waals surface area contributed by atoms with Crippen LogP contribution in [0.1, 0.15) is 39.5 Å². The minimum atomic E-state index is -0.455. The lowest BCUT2D eigenvalue weighted by Gasteiger charge is -2.16. The van der Waals surface area contributed by atoms with E-state index in [4.69, 9.17) is 0 Å². The second-order valence-corrected chi connectivity index (χ2v) is 4.69. The molecule has 3 heteroatoms. The van der Waals surface area contributed by atoms with Crippen molar-refractivity contribution in [2.45, 2.75) is 39.5 Å². The zero-order valence-electron chi connectivity index (χ0n) is 11.6. The minimum absolute atomic E-state index is 0.0513. The number of Topliss-reactive ketones (excluding diaryl/α,β-unsaturated/α-hetero) is 1. The Labute approximate surface area is 110 Å². The fourth-order valence-electron chi connectivity index (χ4n) is 1.65. The van der Waals surface area contributed by atoms with Gasteiger partial charge in [0.15, 0.2) is 0 Å². The Morgan fingerprint density at radius 2 is 2.00 bits per heavy atom. The summed E-state index contributed by atoms with van der Waals surface area (Å²) in [7, 11) is 1.30. The van der Waals surface area contributed by atoms with Crippen molar-refractivity contribution >= 4 is 11.8 Å². The van der Waals surface area contributed by atoms with Crippen LogP contribution < -0.4 is 0 Å². The molecule has 0 fully saturated rings. The van der Waals surface area contributed by atoms with Gasteiger partial charge in [0.05, 0.1) is 7.11 Å². The summed E-state index contributed by atoms with van der Waals surface area (Å²) in [6.45, 7) is 7.93. The number of carbonyl (C=O) groups is 2. The predicted octanol–water partition coefficient (Wildman–Crippen LogP) is 3.30. The molecule has 0 rings (SSSR count). The van der Waals surface area contributed by atoms with E-state index in [0.717, 1.165) is 12.8 Å². The van der Waals surface area contributed by atoms with Crippen LogP contribution in [0.15, 0.2) is 24.8 Å². The van der Waals surface area contributed by atoms with Gasteiger partial charge < -0.3 is 4.74 Å². The lowest BCUT2D eigenvalue weighted by atomic mass is 9.89. The van der Waals surface area contributed by atoms with Gasteiger partial charge in [-0.1, -0.05) is 32.1 Å². The van der Waals surface area contributed by atoms with Crippen LogP contribution in [0, 0.1) is 11.8 Å². The fourth-order valence-corrected chi connectivity index (χ4v) is 1.65. The van der Waals surface area contributed by atoms with E-state index in [1.165, 1.54) is 7.11 Å². The van der Waals surface area contributed by atoms with Crippen molar-refractivity contribution in [1.82, 2.24) is 0 Å². The molecule has 0 aromatic rings. The highest BCUT2D eigenvalue weighted by molar-refractivity contribution is 5.95. The Bertz CT molecular complexity index is 303. The first-order valence-electron chi connectivity index (χ1n) is 6.37. The predicted molar refractivity (Wildman–Crippen MR) is 73.2 cm³/mol. The van der Waals surface area contributed by atoms with E-state index < -0.39 is 5.97 Å². The molecule has 0 bridgehead atoms. The Kier molecular flexibility index (Phi) is 8.89. The molecular formula is C15H24O3. The van der Waals surface area contributed by atoms with Gasteiger partial charge in [-0.15, -0.1) is 6.58 Å². The van der Waals surface area contributed by atoms with Gasteiger partial charge in [-0.3, -0.25) is 9.59 Å². The molecule has 0 aromatic carbocycles. The van der Waals surface area contributed by atoms with Gasteiger partial charge in [0.25, 0.3) is 0 Å². The van der Waals surface area contributed by atoms with Crippen molar-refractivity contribution in [2.75, 3.05) is 7.11 Å². The van der Waals surface area contributed by atoms with E-state index in [1.807, 2.05) is 6.08 Å². The number of ether oxygens (including phenoxy) is 1. The summed E-state index contributed by atoms with van der Waals surface area (Å²) in [4.78, 5) is 22.5. The third kappa shape index (κ3) is 7.82. The maximum Gasteiger partial charge on any atom is 0.313 e. The van der Waals surface area contributed by atoms with Crippen LogP contribution in [0.4, 0.5) is 0 Å². The van der Waals surface area contributed by atoms with Crippen LogP contribution >= 0.6 is 0 Å². The van der Waals surface area contributed by atoms with Crippen molar-refractivity contribution in [3.8, 4) is 0 Å². The molecule has 0 spiro atoms. The monoisotopic (exact) mass is 252 g/mol. The van der Waals surface area contributed by atoms with Crippen molar-refractivity contribution in [2.24, 2.45) is 11.8 Å². The maximum absolute atomic E-state index is 11.5. The Balaban J connectivity index is 4.14. The summed E-state index contributed by atoms with van der Waals surface area (Å²) in [5, 5.41) is 0. The van der Waals surface area contributed by atoms with Gasteiger partial charge in [0, 0.05) is 6.42 Å². The molecule has 0 aliphatic carbocycles. The topological polar surface area (TPSA) is 43.4 Å². The molecule has 0 N–H and O–H groups in total. The van der Waals surface area contributed by atoms with Crippen molar-refractivity contribution < 1.29 is 14.3 Å². The molecular weight excluding hydrogens is 228 g/mol. The lowest BCUT2D eigenvalue weighted by molar-refractivity contribution is -0.143. The molecule has 0 aliphatic rings. The average molecular weight is 252 g/mol. The number of methoxy groups -OCH3 is 1. The molecule has 1 unspecified atom stereocenters. The summed E-state index contributed by atoms with van der Waals surface area (Å²) >= 11 is 0. The quantitative estimate of drug-likeness (QED) is 0.359. The normalized spacial score (nSPS) is 12.7. The number of esters is 1. The first kappa shape index (κ1) is 16.6. The minimum Gasteiger partial charge on any atom is -0.469 e. The number of carbonyl (C=O) groups excluding carboxylic acids is 2. The summed E-state index contributed by atoms with van der Waals surface area (Å²) in [5.41, 5.74) is 0. The van der Waals surface area contributed by atoms with Crippen molar-refractivity contribution in [1.29, 1.82) is 0 Å². The number of hydrogen-bond donors (Lipinski definition) is 0. The molecule has 18 heavy (non-hydrogen) atoms. The van der Waals surface area contributed by atoms with Gasteiger partial charge in [-0.05, 0) is 24.7 Å². The Morgan fingerprint density at radius 1 is 1.33 bits per heavy atom. The molecule has 3 nitrogen and oxygen atoms in total. The summed E-state index contributed by atoms with van der Waals surface area (Å²) in [6, 6.07) is 0. The highest BCUT2D eigenvalue weighted by Gasteiger charge is 2.14. The first-order chi connectivity index (χ1) is 8.51. The molecule has 0 aliphatic heterocycles. The van der Waals surface area contributed by atoms with Crippen LogP contribution in [-0.2, 0) is 14.3 Å². The fraction of sp³-hybridized carbons (Fsp3) is 0.600. The van der Waals surface area contributed by atoms with Crippen LogP contribution in [-0.4, -0.2) is 18.9 Å². The molecule has 0 radical (unpaired) electrons. The Hall–Kier alpha value is -1.38. The van der Waals surface area contributed by atoms with Crippen molar-refractivity contribution in [3.63, 3.8) is 0 Å². The van der Waals surface area contributed by atoms with E-state index >= 15 is 0 Å². The zero-order chi connectivity index (χ0) is 14.0. The van der Waals surface area contributed by atoms with Gasteiger partial charge in [0.1, 0.15) is 12.2 Å². The van der Waals surface area contributed by atoms with Crippen LogP contribution in [0.3, 0.4) is 0 Å². The Morgan fingerprint density at radius 3 is 2.50 bits per heavy atom. The number of rotatable bonds is 9. The van der Waals surface area contributed by atoms with E-state index in [-0.39, 0.29) is 12.2 Å². The average Bonchev–Trinajstić information content (AvgIpc) is 2.32. The third-order valence-electron chi connectivity index (χ3n) is 2.87. The highest BCUT2D eigenvalue weighted by atomic mass is 16.5. The molecule has 0 saturated heterocycles. The second-order valence-electron chi connectivity index (χ2n) is 4.69. The summed E-state index contributed by atoms with van der Waals surface area (Å²) in [5.74, 6) is 0.344. The third-order valence-corrected chi connectivity index (χ3v) is 2.87. The highest BCUT2D eigenvalue weighted by Crippen LogP contribution is 2.19. The molecule has 0 aromatic heterocycles. The van der Waals surface area contributed by atoms with Crippen LogP contribution in [0.5, 0.6) is 0 Å². The smallest absolute Gasteiger partial charge is 0.313 e. The van der Waals surface area contributed by atoms with Crippen LogP contribution in [0.25, 0.3) is 0 Å². The first-order valence-corrected chi connectivity index (χ1v) is 6.37. The summed E-state index contributed by atoms with van der Waals surface area (Å²) < 4.78 is 4.47. The molecule has 102 valence electrons. The van der Waals surface area contributed by atoms with E-state index in [2.05, 4.69) is 37.3 Å². The second kappa shape index (κ2) is 9.63.